The van der Waals surface area contributed by atoms with Gasteiger partial charge in [-0.25, -0.2) is 0 Å². The molecule has 116 valence electrons. The van der Waals surface area contributed by atoms with Crippen LogP contribution < -0.4 is 0 Å². The quantitative estimate of drug-likeness (QED) is 0.817. The minimum absolute atomic E-state index is 0.118. The third-order valence-corrected chi connectivity index (χ3v) is 4.29. The van der Waals surface area contributed by atoms with E-state index in [0.29, 0.717) is 19.6 Å². The maximum atomic E-state index is 12.4. The fraction of sp³-hybridized carbons (Fsp3) is 0.933. The molecule has 20 heavy (non-hydrogen) atoms. The maximum Gasteiger partial charge on any atom is 0.236 e. The van der Waals surface area contributed by atoms with Crippen LogP contribution in [0.1, 0.15) is 40.0 Å². The van der Waals surface area contributed by atoms with Crippen LogP contribution in [0.5, 0.6) is 0 Å². The molecule has 0 aliphatic carbocycles. The number of carbonyl (C=O) groups is 1. The van der Waals surface area contributed by atoms with E-state index in [1.807, 2.05) is 25.7 Å². The lowest BCUT2D eigenvalue weighted by atomic mass is 9.98. The van der Waals surface area contributed by atoms with Crippen molar-refractivity contribution in [1.29, 1.82) is 0 Å². The highest BCUT2D eigenvalue weighted by molar-refractivity contribution is 5.78. The molecule has 2 aliphatic rings. The Morgan fingerprint density at radius 3 is 2.55 bits per heavy atom. The molecule has 0 bridgehead atoms. The molecule has 0 aromatic carbocycles. The first kappa shape index (κ1) is 15.7. The molecule has 2 heterocycles. The zero-order valence-corrected chi connectivity index (χ0v) is 13.0. The smallest absolute Gasteiger partial charge is 0.236 e. The Balaban J connectivity index is 1.84. The van der Waals surface area contributed by atoms with Crippen molar-refractivity contribution in [2.45, 2.75) is 57.8 Å². The number of ether oxygens (including phenoxy) is 1. The van der Waals surface area contributed by atoms with E-state index in [-0.39, 0.29) is 18.1 Å². The van der Waals surface area contributed by atoms with E-state index in [9.17, 15) is 9.90 Å². The summed E-state index contributed by atoms with van der Waals surface area (Å²) in [5, 5.41) is 10.1. The lowest BCUT2D eigenvalue weighted by Gasteiger charge is -2.36. The lowest BCUT2D eigenvalue weighted by molar-refractivity contribution is -0.144. The Morgan fingerprint density at radius 2 is 1.90 bits per heavy atom. The summed E-state index contributed by atoms with van der Waals surface area (Å²) in [6.45, 7) is 9.46. The third-order valence-electron chi connectivity index (χ3n) is 4.29. The van der Waals surface area contributed by atoms with Gasteiger partial charge in [-0.05, 0) is 46.6 Å². The summed E-state index contributed by atoms with van der Waals surface area (Å²) >= 11 is 0. The molecular formula is C15H28N2O3. The summed E-state index contributed by atoms with van der Waals surface area (Å²) in [5.74, 6) is 0.188. The Hall–Kier alpha value is -0.650. The summed E-state index contributed by atoms with van der Waals surface area (Å²) in [7, 11) is 0. The molecule has 5 nitrogen and oxygen atoms in total. The van der Waals surface area contributed by atoms with Gasteiger partial charge in [0.1, 0.15) is 0 Å². The first-order chi connectivity index (χ1) is 9.35. The van der Waals surface area contributed by atoms with Gasteiger partial charge in [0, 0.05) is 19.6 Å². The van der Waals surface area contributed by atoms with Gasteiger partial charge in [0.05, 0.1) is 24.4 Å². The van der Waals surface area contributed by atoms with Crippen LogP contribution >= 0.6 is 0 Å². The number of amides is 1. The highest BCUT2D eigenvalue weighted by atomic mass is 16.5. The fourth-order valence-corrected chi connectivity index (χ4v) is 3.15. The predicted octanol–water partition coefficient (Wildman–Crippen LogP) is 0.859. The zero-order valence-electron chi connectivity index (χ0n) is 13.0. The average molecular weight is 284 g/mol. The molecule has 0 spiro atoms. The van der Waals surface area contributed by atoms with E-state index >= 15 is 0 Å². The molecule has 2 aliphatic heterocycles. The largest absolute Gasteiger partial charge is 0.390 e. The van der Waals surface area contributed by atoms with Crippen molar-refractivity contribution in [2.24, 2.45) is 0 Å². The summed E-state index contributed by atoms with van der Waals surface area (Å²) in [6.07, 6.45) is 2.76. The standard InChI is InChI=1S/C15H28N2O3/c1-12-9-17(10-13(2)20-12)14(18)11-16-7-4-5-15(3,19)6-8-16/h12-13,19H,4-11H2,1-3H3. The van der Waals surface area contributed by atoms with E-state index in [1.54, 1.807) is 0 Å². The minimum atomic E-state index is -0.570. The summed E-state index contributed by atoms with van der Waals surface area (Å²) in [5.41, 5.74) is -0.570. The summed E-state index contributed by atoms with van der Waals surface area (Å²) < 4.78 is 5.66. The molecule has 0 aromatic heterocycles. The van der Waals surface area contributed by atoms with Gasteiger partial charge in [-0.2, -0.15) is 0 Å². The number of nitrogens with zero attached hydrogens (tertiary/aromatic N) is 2. The highest BCUT2D eigenvalue weighted by Gasteiger charge is 2.29. The molecule has 1 amide bonds. The molecule has 5 heteroatoms. The molecule has 0 radical (unpaired) electrons. The number of rotatable bonds is 2. The molecule has 0 saturated carbocycles. The second kappa shape index (κ2) is 6.41. The first-order valence-corrected chi connectivity index (χ1v) is 7.74. The van der Waals surface area contributed by atoms with Crippen molar-refractivity contribution in [3.8, 4) is 0 Å². The summed E-state index contributed by atoms with van der Waals surface area (Å²) in [4.78, 5) is 16.5. The second-order valence-corrected chi connectivity index (χ2v) is 6.68. The molecule has 3 unspecified atom stereocenters. The molecule has 3 atom stereocenters. The lowest BCUT2D eigenvalue weighted by Crippen LogP contribution is -2.51. The van der Waals surface area contributed by atoms with Crippen LogP contribution in [-0.4, -0.2) is 71.3 Å². The van der Waals surface area contributed by atoms with E-state index in [0.717, 1.165) is 32.4 Å². The van der Waals surface area contributed by atoms with Gasteiger partial charge in [0.25, 0.3) is 0 Å². The molecular weight excluding hydrogens is 256 g/mol. The van der Waals surface area contributed by atoms with Gasteiger partial charge in [-0.1, -0.05) is 0 Å². The Labute approximate surface area is 121 Å². The van der Waals surface area contributed by atoms with Gasteiger partial charge in [0.15, 0.2) is 0 Å². The van der Waals surface area contributed by atoms with Crippen molar-refractivity contribution in [3.05, 3.63) is 0 Å². The van der Waals surface area contributed by atoms with Crippen LogP contribution in [0.25, 0.3) is 0 Å². The van der Waals surface area contributed by atoms with Gasteiger partial charge in [0.2, 0.25) is 5.91 Å². The van der Waals surface area contributed by atoms with Crippen LogP contribution in [0, 0.1) is 0 Å². The fourth-order valence-electron chi connectivity index (χ4n) is 3.15. The zero-order chi connectivity index (χ0) is 14.8. The van der Waals surface area contributed by atoms with E-state index in [2.05, 4.69) is 4.90 Å². The van der Waals surface area contributed by atoms with Crippen LogP contribution in [-0.2, 0) is 9.53 Å². The van der Waals surface area contributed by atoms with Gasteiger partial charge in [-0.3, -0.25) is 9.69 Å². The van der Waals surface area contributed by atoms with E-state index < -0.39 is 5.60 Å². The first-order valence-electron chi connectivity index (χ1n) is 7.74. The number of aliphatic hydroxyl groups is 1. The highest BCUT2D eigenvalue weighted by Crippen LogP contribution is 2.21. The molecule has 2 fully saturated rings. The molecule has 1 N–H and O–H groups in total. The van der Waals surface area contributed by atoms with Gasteiger partial charge < -0.3 is 14.7 Å². The Morgan fingerprint density at radius 1 is 1.25 bits per heavy atom. The summed E-state index contributed by atoms with van der Waals surface area (Å²) in [6, 6.07) is 0. The van der Waals surface area contributed by atoms with Crippen molar-refractivity contribution < 1.29 is 14.6 Å². The topological polar surface area (TPSA) is 53.0 Å². The van der Waals surface area contributed by atoms with E-state index in [4.69, 9.17) is 4.74 Å². The number of morpholine rings is 1. The predicted molar refractivity (Wildman–Crippen MR) is 77.5 cm³/mol. The maximum absolute atomic E-state index is 12.4. The molecule has 2 saturated heterocycles. The average Bonchev–Trinajstić information content (AvgIpc) is 2.50. The van der Waals surface area contributed by atoms with Gasteiger partial charge in [-0.15, -0.1) is 0 Å². The minimum Gasteiger partial charge on any atom is -0.390 e. The van der Waals surface area contributed by atoms with Crippen molar-refractivity contribution in [3.63, 3.8) is 0 Å². The Kier molecular flexibility index (Phi) is 5.04. The number of carbonyl (C=O) groups excluding carboxylic acids is 1. The molecule has 2 rings (SSSR count). The van der Waals surface area contributed by atoms with Crippen molar-refractivity contribution in [2.75, 3.05) is 32.7 Å². The van der Waals surface area contributed by atoms with E-state index in [1.165, 1.54) is 0 Å². The second-order valence-electron chi connectivity index (χ2n) is 6.68. The monoisotopic (exact) mass is 284 g/mol. The number of hydrogen-bond donors (Lipinski definition) is 1. The van der Waals surface area contributed by atoms with Crippen LogP contribution in [0.15, 0.2) is 0 Å². The SMILES string of the molecule is CC1CN(C(=O)CN2CCCC(C)(O)CC2)CC(C)O1. The van der Waals surface area contributed by atoms with Crippen LogP contribution in [0.4, 0.5) is 0 Å². The molecule has 0 aromatic rings. The third kappa shape index (κ3) is 4.43. The normalized spacial score (nSPS) is 36.7. The number of likely N-dealkylation sites (tertiary alicyclic amines) is 1. The van der Waals surface area contributed by atoms with Crippen molar-refractivity contribution in [1.82, 2.24) is 9.80 Å². The Bertz CT molecular complexity index is 336. The van der Waals surface area contributed by atoms with Gasteiger partial charge >= 0.3 is 0 Å². The van der Waals surface area contributed by atoms with Crippen LogP contribution in [0.3, 0.4) is 0 Å². The van der Waals surface area contributed by atoms with Crippen molar-refractivity contribution >= 4 is 5.91 Å². The van der Waals surface area contributed by atoms with Crippen LogP contribution in [0.2, 0.25) is 0 Å². The number of hydrogen-bond acceptors (Lipinski definition) is 4.